The Morgan fingerprint density at radius 3 is 2.48 bits per heavy atom. The number of amides is 1. The average Bonchev–Trinajstić information content (AvgIpc) is 3.16. The molecule has 7 nitrogen and oxygen atoms in total. The number of aryl methyl sites for hydroxylation is 3. The van der Waals surface area contributed by atoms with Crippen LogP contribution in [-0.4, -0.2) is 55.5 Å². The van der Waals surface area contributed by atoms with Crippen LogP contribution in [0.25, 0.3) is 11.0 Å². The molecular weight excluding hydrogens is 394 g/mol. The van der Waals surface area contributed by atoms with Crippen LogP contribution in [0.2, 0.25) is 0 Å². The molecule has 1 atom stereocenters. The second-order valence-corrected chi connectivity index (χ2v) is 8.45. The van der Waals surface area contributed by atoms with E-state index in [1.165, 1.54) is 6.07 Å². The van der Waals surface area contributed by atoms with E-state index in [2.05, 4.69) is 22.2 Å². The summed E-state index contributed by atoms with van der Waals surface area (Å²) in [5.74, 6) is 1.29. The van der Waals surface area contributed by atoms with Crippen molar-refractivity contribution in [3.8, 4) is 0 Å². The van der Waals surface area contributed by atoms with Crippen molar-refractivity contribution in [1.82, 2.24) is 15.1 Å². The van der Waals surface area contributed by atoms with E-state index in [-0.39, 0.29) is 17.2 Å². The highest BCUT2D eigenvalue weighted by Crippen LogP contribution is 2.24. The summed E-state index contributed by atoms with van der Waals surface area (Å²) in [6.07, 6.45) is 0. The number of hydrogen-bond donors (Lipinski definition) is 1. The molecule has 0 aliphatic carbocycles. The molecule has 0 spiro atoms. The van der Waals surface area contributed by atoms with Crippen molar-refractivity contribution in [2.45, 2.75) is 26.8 Å². The van der Waals surface area contributed by atoms with Crippen LogP contribution >= 0.6 is 0 Å². The quantitative estimate of drug-likeness (QED) is 0.680. The van der Waals surface area contributed by atoms with E-state index in [0.29, 0.717) is 17.5 Å². The van der Waals surface area contributed by atoms with Gasteiger partial charge in [0.2, 0.25) is 0 Å². The van der Waals surface area contributed by atoms with E-state index in [0.717, 1.165) is 48.8 Å². The zero-order chi connectivity index (χ0) is 22.1. The molecule has 7 heteroatoms. The smallest absolute Gasteiger partial charge is 0.287 e. The van der Waals surface area contributed by atoms with Gasteiger partial charge in [0, 0.05) is 38.8 Å². The highest BCUT2D eigenvalue weighted by molar-refractivity contribution is 5.93. The minimum absolute atomic E-state index is 0.0252. The van der Waals surface area contributed by atoms with Crippen molar-refractivity contribution >= 4 is 16.9 Å². The molecule has 1 fully saturated rings. The monoisotopic (exact) mass is 423 g/mol. The Morgan fingerprint density at radius 1 is 1.06 bits per heavy atom. The lowest BCUT2D eigenvalue weighted by molar-refractivity contribution is 0.0830. The summed E-state index contributed by atoms with van der Waals surface area (Å²) in [7, 11) is 2.11. The van der Waals surface area contributed by atoms with Crippen LogP contribution in [0.15, 0.2) is 44.0 Å². The molecule has 0 radical (unpaired) electrons. The molecule has 1 unspecified atom stereocenters. The molecule has 1 aromatic carbocycles. The first-order chi connectivity index (χ1) is 14.8. The summed E-state index contributed by atoms with van der Waals surface area (Å²) >= 11 is 0. The van der Waals surface area contributed by atoms with Crippen LogP contribution in [0.1, 0.15) is 39.2 Å². The number of benzene rings is 1. The largest absolute Gasteiger partial charge is 0.465 e. The summed E-state index contributed by atoms with van der Waals surface area (Å²) in [6.45, 7) is 9.79. The third kappa shape index (κ3) is 4.57. The number of likely N-dealkylation sites (N-methyl/N-ethyl adjacent to an activating group) is 1. The lowest BCUT2D eigenvalue weighted by Crippen LogP contribution is -2.48. The van der Waals surface area contributed by atoms with Gasteiger partial charge in [-0.05, 0) is 57.1 Å². The first kappa shape index (κ1) is 21.3. The zero-order valence-electron chi connectivity index (χ0n) is 18.5. The molecular formula is C24H29N3O4. The molecule has 0 saturated carbocycles. The molecule has 1 amide bonds. The average molecular weight is 424 g/mol. The highest BCUT2D eigenvalue weighted by atomic mass is 16.3. The summed E-state index contributed by atoms with van der Waals surface area (Å²) in [5, 5.41) is 3.45. The first-order valence-corrected chi connectivity index (χ1v) is 10.6. The molecule has 164 valence electrons. The van der Waals surface area contributed by atoms with E-state index >= 15 is 0 Å². The molecule has 31 heavy (non-hydrogen) atoms. The number of carbonyl (C=O) groups excluding carboxylic acids is 1. The Labute approximate surface area is 181 Å². The fraction of sp³-hybridized carbons (Fsp3) is 0.417. The summed E-state index contributed by atoms with van der Waals surface area (Å²) < 4.78 is 11.7. The van der Waals surface area contributed by atoms with Crippen molar-refractivity contribution in [3.05, 3.63) is 69.0 Å². The Bertz CT molecular complexity index is 1160. The van der Waals surface area contributed by atoms with Crippen LogP contribution < -0.4 is 10.7 Å². The van der Waals surface area contributed by atoms with Crippen LogP contribution in [-0.2, 0) is 0 Å². The van der Waals surface area contributed by atoms with Crippen LogP contribution in [0.5, 0.6) is 0 Å². The molecule has 4 rings (SSSR count). The van der Waals surface area contributed by atoms with E-state index in [4.69, 9.17) is 8.83 Å². The molecule has 3 heterocycles. The predicted molar refractivity (Wildman–Crippen MR) is 120 cm³/mol. The van der Waals surface area contributed by atoms with Gasteiger partial charge in [-0.3, -0.25) is 14.5 Å². The summed E-state index contributed by atoms with van der Waals surface area (Å²) in [4.78, 5) is 30.1. The van der Waals surface area contributed by atoms with Crippen molar-refractivity contribution in [1.29, 1.82) is 0 Å². The molecule has 2 aromatic heterocycles. The van der Waals surface area contributed by atoms with Gasteiger partial charge in [0.1, 0.15) is 17.1 Å². The van der Waals surface area contributed by atoms with Gasteiger partial charge in [0.25, 0.3) is 5.91 Å². The second kappa shape index (κ2) is 8.69. The Kier molecular flexibility index (Phi) is 5.98. The number of hydrogen-bond acceptors (Lipinski definition) is 6. The van der Waals surface area contributed by atoms with Gasteiger partial charge in [-0.1, -0.05) is 6.07 Å². The van der Waals surface area contributed by atoms with Gasteiger partial charge >= 0.3 is 0 Å². The molecule has 1 N–H and O–H groups in total. The standard InChI is InChI=1S/C24H29N3O4/c1-15-11-16(2)23-18(12-15)20(28)13-22(31-23)24(29)25-14-19(21-6-5-17(3)30-21)27-9-7-26(4)8-10-27/h5-6,11-13,19H,7-10,14H2,1-4H3,(H,25,29). The maximum atomic E-state index is 12.9. The van der Waals surface area contributed by atoms with Gasteiger partial charge < -0.3 is 19.1 Å². The second-order valence-electron chi connectivity index (χ2n) is 8.45. The van der Waals surface area contributed by atoms with Crippen LogP contribution in [0, 0.1) is 20.8 Å². The van der Waals surface area contributed by atoms with Gasteiger partial charge in [0.15, 0.2) is 11.2 Å². The fourth-order valence-electron chi connectivity index (χ4n) is 4.17. The third-order valence-corrected chi connectivity index (χ3v) is 5.91. The van der Waals surface area contributed by atoms with Gasteiger partial charge in [0.05, 0.1) is 11.4 Å². The van der Waals surface area contributed by atoms with Crippen molar-refractivity contribution in [3.63, 3.8) is 0 Å². The topological polar surface area (TPSA) is 78.9 Å². The number of furan rings is 1. The summed E-state index contributed by atoms with van der Waals surface area (Å²) in [6, 6.07) is 8.83. The van der Waals surface area contributed by atoms with Gasteiger partial charge in [-0.15, -0.1) is 0 Å². The van der Waals surface area contributed by atoms with Gasteiger partial charge in [-0.25, -0.2) is 0 Å². The van der Waals surface area contributed by atoms with Crippen molar-refractivity contribution in [2.24, 2.45) is 0 Å². The number of rotatable bonds is 5. The van der Waals surface area contributed by atoms with Crippen molar-refractivity contribution in [2.75, 3.05) is 39.8 Å². The lowest BCUT2D eigenvalue weighted by Gasteiger charge is -2.37. The van der Waals surface area contributed by atoms with E-state index in [9.17, 15) is 9.59 Å². The molecule has 1 aliphatic heterocycles. The van der Waals surface area contributed by atoms with Crippen LogP contribution in [0.3, 0.4) is 0 Å². The Morgan fingerprint density at radius 2 is 1.81 bits per heavy atom. The normalized spacial score (nSPS) is 16.5. The number of piperazine rings is 1. The molecule has 1 saturated heterocycles. The Balaban J connectivity index is 1.56. The lowest BCUT2D eigenvalue weighted by atomic mass is 10.1. The molecule has 3 aromatic rings. The SMILES string of the molecule is Cc1cc(C)c2oc(C(=O)NCC(c3ccc(C)o3)N3CCN(C)CC3)cc(=O)c2c1. The number of fused-ring (bicyclic) bond motifs is 1. The van der Waals surface area contributed by atoms with Crippen molar-refractivity contribution < 1.29 is 13.6 Å². The zero-order valence-corrected chi connectivity index (χ0v) is 18.5. The van der Waals surface area contributed by atoms with Crippen LogP contribution in [0.4, 0.5) is 0 Å². The van der Waals surface area contributed by atoms with Gasteiger partial charge in [-0.2, -0.15) is 0 Å². The maximum Gasteiger partial charge on any atom is 0.287 e. The Hall–Kier alpha value is -2.90. The number of carbonyl (C=O) groups is 1. The van der Waals surface area contributed by atoms with E-state index in [1.807, 2.05) is 39.0 Å². The molecule has 0 bridgehead atoms. The van der Waals surface area contributed by atoms with E-state index < -0.39 is 5.91 Å². The van der Waals surface area contributed by atoms with E-state index in [1.54, 1.807) is 6.07 Å². The predicted octanol–water partition coefficient (Wildman–Crippen LogP) is 3.03. The molecule has 1 aliphatic rings. The number of nitrogens with one attached hydrogen (secondary N) is 1. The fourth-order valence-corrected chi connectivity index (χ4v) is 4.17. The third-order valence-electron chi connectivity index (χ3n) is 5.91. The summed E-state index contributed by atoms with van der Waals surface area (Å²) in [5.41, 5.74) is 2.07. The minimum atomic E-state index is -0.401. The minimum Gasteiger partial charge on any atom is -0.465 e. The first-order valence-electron chi connectivity index (χ1n) is 10.6. The number of nitrogens with zero attached hydrogens (tertiary/aromatic N) is 2. The highest BCUT2D eigenvalue weighted by Gasteiger charge is 2.27. The maximum absolute atomic E-state index is 12.9.